The lowest BCUT2D eigenvalue weighted by Gasteiger charge is -2.28. The van der Waals surface area contributed by atoms with Crippen molar-refractivity contribution in [1.29, 1.82) is 0 Å². The Balaban J connectivity index is 2.31. The lowest BCUT2D eigenvalue weighted by atomic mass is 10.1. The van der Waals surface area contributed by atoms with Gasteiger partial charge in [-0.15, -0.1) is 0 Å². The molecule has 0 spiro atoms. The predicted octanol–water partition coefficient (Wildman–Crippen LogP) is 4.71. The van der Waals surface area contributed by atoms with Gasteiger partial charge in [0.05, 0.1) is 5.02 Å². The SMILES string of the molecule is CC(C)CN(CC(C)C)c1ncnc(Nc2ccc(F)c(Cl)c2)c1N. The molecule has 0 aliphatic carbocycles. The third-order valence-electron chi connectivity index (χ3n) is 3.52. The van der Waals surface area contributed by atoms with E-state index in [1.807, 2.05) is 0 Å². The zero-order valence-electron chi connectivity index (χ0n) is 15.1. The molecule has 5 nitrogen and oxygen atoms in total. The van der Waals surface area contributed by atoms with Crippen LogP contribution in [0.3, 0.4) is 0 Å². The Morgan fingerprint density at radius 1 is 1.16 bits per heavy atom. The van der Waals surface area contributed by atoms with E-state index in [2.05, 4.69) is 47.9 Å². The van der Waals surface area contributed by atoms with Crippen LogP contribution in [0, 0.1) is 17.7 Å². The van der Waals surface area contributed by atoms with Gasteiger partial charge in [0.25, 0.3) is 0 Å². The maximum atomic E-state index is 13.3. The average molecular weight is 366 g/mol. The fourth-order valence-corrected chi connectivity index (χ4v) is 2.76. The molecule has 0 saturated carbocycles. The van der Waals surface area contributed by atoms with Crippen molar-refractivity contribution in [3.63, 3.8) is 0 Å². The summed E-state index contributed by atoms with van der Waals surface area (Å²) in [5.41, 5.74) is 7.39. The van der Waals surface area contributed by atoms with Gasteiger partial charge in [0.2, 0.25) is 0 Å². The molecule has 0 unspecified atom stereocenters. The second-order valence-corrected chi connectivity index (χ2v) is 7.31. The Hall–Kier alpha value is -2.08. The first-order chi connectivity index (χ1) is 11.8. The highest BCUT2D eigenvalue weighted by Gasteiger charge is 2.17. The van der Waals surface area contributed by atoms with E-state index >= 15 is 0 Å². The summed E-state index contributed by atoms with van der Waals surface area (Å²) in [6, 6.07) is 4.38. The van der Waals surface area contributed by atoms with Crippen molar-refractivity contribution in [3.05, 3.63) is 35.4 Å². The number of benzene rings is 1. The quantitative estimate of drug-likeness (QED) is 0.743. The molecule has 0 saturated heterocycles. The molecular formula is C18H25ClFN5. The average Bonchev–Trinajstić information content (AvgIpc) is 2.51. The summed E-state index contributed by atoms with van der Waals surface area (Å²) in [5.74, 6) is 1.66. The fraction of sp³-hybridized carbons (Fsp3) is 0.444. The summed E-state index contributed by atoms with van der Waals surface area (Å²) >= 11 is 5.83. The van der Waals surface area contributed by atoms with E-state index in [0.717, 1.165) is 13.1 Å². The first-order valence-corrected chi connectivity index (χ1v) is 8.73. The second-order valence-electron chi connectivity index (χ2n) is 6.91. The number of rotatable bonds is 7. The summed E-state index contributed by atoms with van der Waals surface area (Å²) in [4.78, 5) is 10.8. The van der Waals surface area contributed by atoms with E-state index in [1.165, 1.54) is 18.5 Å². The summed E-state index contributed by atoms with van der Waals surface area (Å²) in [7, 11) is 0. The number of hydrogen-bond acceptors (Lipinski definition) is 5. The summed E-state index contributed by atoms with van der Waals surface area (Å²) in [6.07, 6.45) is 1.48. The van der Waals surface area contributed by atoms with Crippen LogP contribution in [0.2, 0.25) is 5.02 Å². The van der Waals surface area contributed by atoms with Crippen LogP contribution in [0.4, 0.5) is 27.4 Å². The number of nitrogens with one attached hydrogen (secondary N) is 1. The monoisotopic (exact) mass is 365 g/mol. The number of halogens is 2. The van der Waals surface area contributed by atoms with Crippen molar-refractivity contribution in [3.8, 4) is 0 Å². The molecule has 0 amide bonds. The summed E-state index contributed by atoms with van der Waals surface area (Å²) in [6.45, 7) is 10.3. The molecule has 0 aliphatic heterocycles. The molecule has 0 bridgehead atoms. The zero-order chi connectivity index (χ0) is 18.6. The topological polar surface area (TPSA) is 67.1 Å². The summed E-state index contributed by atoms with van der Waals surface area (Å²) in [5, 5.41) is 3.13. The Morgan fingerprint density at radius 3 is 2.36 bits per heavy atom. The maximum Gasteiger partial charge on any atom is 0.159 e. The fourth-order valence-electron chi connectivity index (χ4n) is 2.58. The van der Waals surface area contributed by atoms with E-state index in [-0.39, 0.29) is 5.02 Å². The first-order valence-electron chi connectivity index (χ1n) is 8.35. The molecule has 2 rings (SSSR count). The highest BCUT2D eigenvalue weighted by molar-refractivity contribution is 6.31. The van der Waals surface area contributed by atoms with Gasteiger partial charge in [0, 0.05) is 18.8 Å². The molecule has 1 aromatic heterocycles. The Kier molecular flexibility index (Phi) is 6.42. The standard InChI is InChI=1S/C18H25ClFN5/c1-11(2)8-25(9-12(3)4)18-16(21)17(22-10-23-18)24-13-5-6-15(20)14(19)7-13/h5-7,10-12H,8-9,21H2,1-4H3,(H,22,23,24). The van der Waals surface area contributed by atoms with Gasteiger partial charge in [-0.05, 0) is 30.0 Å². The van der Waals surface area contributed by atoms with Crippen LogP contribution >= 0.6 is 11.6 Å². The highest BCUT2D eigenvalue weighted by atomic mass is 35.5. The van der Waals surface area contributed by atoms with Crippen molar-refractivity contribution in [2.24, 2.45) is 11.8 Å². The van der Waals surface area contributed by atoms with Gasteiger partial charge in [-0.1, -0.05) is 39.3 Å². The molecule has 0 aliphatic rings. The molecule has 136 valence electrons. The minimum absolute atomic E-state index is 0.0408. The number of anilines is 4. The van der Waals surface area contributed by atoms with Crippen LogP contribution in [0.5, 0.6) is 0 Å². The minimum Gasteiger partial charge on any atom is -0.393 e. The number of nitrogen functional groups attached to an aromatic ring is 1. The number of nitrogens with zero attached hydrogens (tertiary/aromatic N) is 3. The van der Waals surface area contributed by atoms with E-state index in [0.29, 0.717) is 34.8 Å². The van der Waals surface area contributed by atoms with Crippen molar-refractivity contribution < 1.29 is 4.39 Å². The maximum absolute atomic E-state index is 13.3. The van der Waals surface area contributed by atoms with E-state index < -0.39 is 5.82 Å². The van der Waals surface area contributed by atoms with Crippen LogP contribution in [0.1, 0.15) is 27.7 Å². The zero-order valence-corrected chi connectivity index (χ0v) is 15.8. The molecule has 0 fully saturated rings. The largest absolute Gasteiger partial charge is 0.393 e. The van der Waals surface area contributed by atoms with Gasteiger partial charge in [-0.2, -0.15) is 0 Å². The van der Waals surface area contributed by atoms with Crippen molar-refractivity contribution >= 4 is 34.6 Å². The van der Waals surface area contributed by atoms with Gasteiger partial charge in [-0.3, -0.25) is 0 Å². The smallest absolute Gasteiger partial charge is 0.159 e. The third kappa shape index (κ3) is 5.19. The number of aromatic nitrogens is 2. The first kappa shape index (κ1) is 19.2. The van der Waals surface area contributed by atoms with Gasteiger partial charge < -0.3 is 16.0 Å². The van der Waals surface area contributed by atoms with Gasteiger partial charge >= 0.3 is 0 Å². The van der Waals surface area contributed by atoms with Crippen molar-refractivity contribution in [2.75, 3.05) is 29.0 Å². The normalized spacial score (nSPS) is 11.2. The van der Waals surface area contributed by atoms with Crippen LogP contribution in [-0.4, -0.2) is 23.1 Å². The van der Waals surface area contributed by atoms with Crippen LogP contribution < -0.4 is 16.0 Å². The van der Waals surface area contributed by atoms with Crippen LogP contribution in [-0.2, 0) is 0 Å². The van der Waals surface area contributed by atoms with Gasteiger partial charge in [0.1, 0.15) is 17.8 Å². The Morgan fingerprint density at radius 2 is 1.80 bits per heavy atom. The molecule has 2 aromatic rings. The Labute approximate surface area is 153 Å². The molecule has 0 atom stereocenters. The van der Waals surface area contributed by atoms with Gasteiger partial charge in [-0.25, -0.2) is 14.4 Å². The highest BCUT2D eigenvalue weighted by Crippen LogP contribution is 2.30. The summed E-state index contributed by atoms with van der Waals surface area (Å²) < 4.78 is 13.3. The molecule has 0 radical (unpaired) electrons. The van der Waals surface area contributed by atoms with E-state index in [9.17, 15) is 4.39 Å². The van der Waals surface area contributed by atoms with Crippen LogP contribution in [0.15, 0.2) is 24.5 Å². The number of hydrogen-bond donors (Lipinski definition) is 2. The lowest BCUT2D eigenvalue weighted by Crippen LogP contribution is -2.32. The molecule has 1 aromatic carbocycles. The molecule has 1 heterocycles. The van der Waals surface area contributed by atoms with Gasteiger partial charge in [0.15, 0.2) is 11.6 Å². The minimum atomic E-state index is -0.469. The lowest BCUT2D eigenvalue weighted by molar-refractivity contribution is 0.549. The molecular weight excluding hydrogens is 341 g/mol. The second kappa shape index (κ2) is 8.34. The van der Waals surface area contributed by atoms with Crippen molar-refractivity contribution in [2.45, 2.75) is 27.7 Å². The number of nitrogens with two attached hydrogens (primary N) is 1. The molecule has 25 heavy (non-hydrogen) atoms. The molecule has 3 N–H and O–H groups in total. The Bertz CT molecular complexity index is 711. The van der Waals surface area contributed by atoms with Crippen molar-refractivity contribution in [1.82, 2.24) is 9.97 Å². The molecule has 7 heteroatoms. The predicted molar refractivity (Wildman–Crippen MR) is 103 cm³/mol. The van der Waals surface area contributed by atoms with E-state index in [4.69, 9.17) is 17.3 Å². The van der Waals surface area contributed by atoms with E-state index in [1.54, 1.807) is 6.07 Å². The third-order valence-corrected chi connectivity index (χ3v) is 3.81. The van der Waals surface area contributed by atoms with Crippen LogP contribution in [0.25, 0.3) is 0 Å².